The summed E-state index contributed by atoms with van der Waals surface area (Å²) >= 11 is 0. The zero-order valence-electron chi connectivity index (χ0n) is 8.85. The molecule has 16 heavy (non-hydrogen) atoms. The first kappa shape index (κ1) is 9.28. The second-order valence-corrected chi connectivity index (χ2v) is 4.09. The Kier molecular flexibility index (Phi) is 2.07. The van der Waals surface area contributed by atoms with Gasteiger partial charge in [0.25, 0.3) is 0 Å². The van der Waals surface area contributed by atoms with E-state index in [0.717, 1.165) is 12.2 Å². The molecule has 1 heterocycles. The lowest BCUT2D eigenvalue weighted by Gasteiger charge is -2.10. The Morgan fingerprint density at radius 1 is 1.00 bits per heavy atom. The number of anilines is 1. The number of rotatable bonds is 1. The lowest BCUT2D eigenvalue weighted by molar-refractivity contribution is 0.477. The van der Waals surface area contributed by atoms with Crippen molar-refractivity contribution in [3.05, 3.63) is 59.7 Å². The van der Waals surface area contributed by atoms with Crippen molar-refractivity contribution in [3.8, 4) is 5.75 Å². The molecule has 2 nitrogen and oxygen atoms in total. The molecule has 2 aromatic rings. The van der Waals surface area contributed by atoms with Crippen molar-refractivity contribution in [2.45, 2.75) is 5.92 Å². The summed E-state index contributed by atoms with van der Waals surface area (Å²) in [6.07, 6.45) is 0. The molecule has 1 aliphatic rings. The van der Waals surface area contributed by atoms with E-state index >= 15 is 0 Å². The van der Waals surface area contributed by atoms with E-state index in [9.17, 15) is 5.11 Å². The Balaban J connectivity index is 2.07. The van der Waals surface area contributed by atoms with Gasteiger partial charge in [0.1, 0.15) is 5.75 Å². The third-order valence-corrected chi connectivity index (χ3v) is 3.14. The van der Waals surface area contributed by atoms with Gasteiger partial charge in [0.2, 0.25) is 0 Å². The SMILES string of the molecule is Oc1cccc2c1NCC2c1ccccc1. The van der Waals surface area contributed by atoms with E-state index in [0.29, 0.717) is 11.7 Å². The highest BCUT2D eigenvalue weighted by Gasteiger charge is 2.25. The molecule has 0 saturated heterocycles. The number of phenolic OH excluding ortho intramolecular Hbond substituents is 1. The number of hydrogen-bond donors (Lipinski definition) is 2. The van der Waals surface area contributed by atoms with E-state index in [4.69, 9.17) is 0 Å². The van der Waals surface area contributed by atoms with Gasteiger partial charge in [-0.1, -0.05) is 42.5 Å². The van der Waals surface area contributed by atoms with Gasteiger partial charge in [-0.25, -0.2) is 0 Å². The number of aromatic hydroxyl groups is 1. The fraction of sp³-hybridized carbons (Fsp3) is 0.143. The van der Waals surface area contributed by atoms with Gasteiger partial charge in [0.15, 0.2) is 0 Å². The van der Waals surface area contributed by atoms with Crippen LogP contribution < -0.4 is 5.32 Å². The van der Waals surface area contributed by atoms with Crippen molar-refractivity contribution in [2.24, 2.45) is 0 Å². The molecule has 2 heteroatoms. The summed E-state index contributed by atoms with van der Waals surface area (Å²) in [4.78, 5) is 0. The highest BCUT2D eigenvalue weighted by atomic mass is 16.3. The maximum atomic E-state index is 9.73. The molecule has 1 aliphatic heterocycles. The van der Waals surface area contributed by atoms with Gasteiger partial charge < -0.3 is 10.4 Å². The van der Waals surface area contributed by atoms with Crippen LogP contribution in [0.2, 0.25) is 0 Å². The van der Waals surface area contributed by atoms with Gasteiger partial charge in [-0.2, -0.15) is 0 Å². The molecular weight excluding hydrogens is 198 g/mol. The Bertz CT molecular complexity index is 507. The average Bonchev–Trinajstić information content (AvgIpc) is 2.75. The fourth-order valence-electron chi connectivity index (χ4n) is 2.34. The highest BCUT2D eigenvalue weighted by Crippen LogP contribution is 2.40. The van der Waals surface area contributed by atoms with Crippen LogP contribution in [0.5, 0.6) is 5.75 Å². The maximum Gasteiger partial charge on any atom is 0.138 e. The van der Waals surface area contributed by atoms with E-state index in [2.05, 4.69) is 35.6 Å². The molecule has 0 bridgehead atoms. The van der Waals surface area contributed by atoms with Crippen LogP contribution in [0.15, 0.2) is 48.5 Å². The van der Waals surface area contributed by atoms with Gasteiger partial charge in [0, 0.05) is 12.5 Å². The average molecular weight is 211 g/mol. The summed E-state index contributed by atoms with van der Waals surface area (Å²) in [6, 6.07) is 16.1. The first-order chi connectivity index (χ1) is 7.86. The van der Waals surface area contributed by atoms with Crippen molar-refractivity contribution in [2.75, 3.05) is 11.9 Å². The quantitative estimate of drug-likeness (QED) is 0.711. The molecule has 1 atom stereocenters. The van der Waals surface area contributed by atoms with Crippen LogP contribution in [0.4, 0.5) is 5.69 Å². The van der Waals surface area contributed by atoms with Crippen molar-refractivity contribution in [1.29, 1.82) is 0 Å². The van der Waals surface area contributed by atoms with E-state index < -0.39 is 0 Å². The first-order valence-electron chi connectivity index (χ1n) is 5.47. The molecule has 80 valence electrons. The van der Waals surface area contributed by atoms with Gasteiger partial charge >= 0.3 is 0 Å². The summed E-state index contributed by atoms with van der Waals surface area (Å²) < 4.78 is 0. The monoisotopic (exact) mass is 211 g/mol. The predicted octanol–water partition coefficient (Wildman–Crippen LogP) is 2.95. The van der Waals surface area contributed by atoms with Crippen LogP contribution >= 0.6 is 0 Å². The Hall–Kier alpha value is -1.96. The lowest BCUT2D eigenvalue weighted by atomic mass is 9.93. The van der Waals surface area contributed by atoms with Crippen molar-refractivity contribution in [1.82, 2.24) is 0 Å². The van der Waals surface area contributed by atoms with Crippen molar-refractivity contribution in [3.63, 3.8) is 0 Å². The van der Waals surface area contributed by atoms with Crippen LogP contribution in [0.1, 0.15) is 17.0 Å². The normalized spacial score (nSPS) is 17.9. The van der Waals surface area contributed by atoms with Crippen molar-refractivity contribution < 1.29 is 5.11 Å². The molecule has 1 unspecified atom stereocenters. The predicted molar refractivity (Wildman–Crippen MR) is 64.9 cm³/mol. The van der Waals surface area contributed by atoms with Gasteiger partial charge in [-0.05, 0) is 17.2 Å². The molecule has 0 fully saturated rings. The van der Waals surface area contributed by atoms with Crippen LogP contribution in [-0.4, -0.2) is 11.7 Å². The van der Waals surface area contributed by atoms with Crippen LogP contribution in [-0.2, 0) is 0 Å². The third kappa shape index (κ3) is 1.34. The first-order valence-corrected chi connectivity index (χ1v) is 5.47. The van der Waals surface area contributed by atoms with Gasteiger partial charge in [0.05, 0.1) is 5.69 Å². The zero-order chi connectivity index (χ0) is 11.0. The molecule has 0 aromatic heterocycles. The molecule has 0 saturated carbocycles. The van der Waals surface area contributed by atoms with Gasteiger partial charge in [-0.3, -0.25) is 0 Å². The Labute approximate surface area is 94.6 Å². The van der Waals surface area contributed by atoms with Crippen LogP contribution in [0.3, 0.4) is 0 Å². The Morgan fingerprint density at radius 2 is 1.81 bits per heavy atom. The topological polar surface area (TPSA) is 32.3 Å². The molecule has 3 rings (SSSR count). The molecule has 0 radical (unpaired) electrons. The largest absolute Gasteiger partial charge is 0.506 e. The smallest absolute Gasteiger partial charge is 0.138 e. The molecule has 0 amide bonds. The Morgan fingerprint density at radius 3 is 2.62 bits per heavy atom. The molecular formula is C14H13NO. The van der Waals surface area contributed by atoms with E-state index in [1.807, 2.05) is 12.1 Å². The minimum atomic E-state index is 0.343. The number of phenols is 1. The second kappa shape index (κ2) is 3.56. The zero-order valence-corrected chi connectivity index (χ0v) is 8.85. The number of hydrogen-bond acceptors (Lipinski definition) is 2. The molecule has 2 aromatic carbocycles. The molecule has 0 spiro atoms. The summed E-state index contributed by atoms with van der Waals surface area (Å²) in [5, 5.41) is 13.0. The fourth-order valence-corrected chi connectivity index (χ4v) is 2.34. The third-order valence-electron chi connectivity index (χ3n) is 3.14. The summed E-state index contributed by atoms with van der Waals surface area (Å²) in [5.74, 6) is 0.694. The molecule has 0 aliphatic carbocycles. The maximum absolute atomic E-state index is 9.73. The van der Waals surface area contributed by atoms with Gasteiger partial charge in [-0.15, -0.1) is 0 Å². The summed E-state index contributed by atoms with van der Waals surface area (Å²) in [5.41, 5.74) is 3.36. The van der Waals surface area contributed by atoms with Crippen LogP contribution in [0, 0.1) is 0 Å². The van der Waals surface area contributed by atoms with Crippen molar-refractivity contribution >= 4 is 5.69 Å². The number of benzene rings is 2. The number of para-hydroxylation sites is 1. The number of fused-ring (bicyclic) bond motifs is 1. The highest BCUT2D eigenvalue weighted by molar-refractivity contribution is 5.68. The minimum Gasteiger partial charge on any atom is -0.506 e. The number of nitrogens with one attached hydrogen (secondary N) is 1. The summed E-state index contributed by atoms with van der Waals surface area (Å²) in [6.45, 7) is 0.858. The second-order valence-electron chi connectivity index (χ2n) is 4.09. The standard InChI is InChI=1S/C14H13NO/c16-13-8-4-7-11-12(9-15-14(11)13)10-5-2-1-3-6-10/h1-8,12,15-16H,9H2. The van der Waals surface area contributed by atoms with E-state index in [-0.39, 0.29) is 0 Å². The van der Waals surface area contributed by atoms with Crippen LogP contribution in [0.25, 0.3) is 0 Å². The minimum absolute atomic E-state index is 0.343. The molecule has 2 N–H and O–H groups in total. The van der Waals surface area contributed by atoms with E-state index in [1.54, 1.807) is 6.07 Å². The lowest BCUT2D eigenvalue weighted by Crippen LogP contribution is -2.03. The summed E-state index contributed by atoms with van der Waals surface area (Å²) in [7, 11) is 0. The van der Waals surface area contributed by atoms with E-state index in [1.165, 1.54) is 11.1 Å².